The Kier molecular flexibility index (Phi) is 7.60. The third-order valence-corrected chi connectivity index (χ3v) is 3.80. The van der Waals surface area contributed by atoms with Crippen molar-refractivity contribution in [1.82, 2.24) is 15.6 Å². The fourth-order valence-corrected chi connectivity index (χ4v) is 2.42. The highest BCUT2D eigenvalue weighted by Gasteiger charge is 2.18. The normalized spacial score (nSPS) is 13.7. The summed E-state index contributed by atoms with van der Waals surface area (Å²) in [6.45, 7) is 3.91. The molecule has 1 aromatic rings. The van der Waals surface area contributed by atoms with E-state index in [1.54, 1.807) is 29.2 Å². The standard InChI is InChI=1S/C18H24N4O4/c1-2-8-19-17(24)18(25)21-20-12-14-6-5-7-15(11-14)26-13-16(23)22-9-3-4-10-22/h5-7,11-12H,2-4,8-10,13H2,1H3,(H,19,24)(H,21,25)/b20-12-. The molecule has 0 bridgehead atoms. The highest BCUT2D eigenvalue weighted by atomic mass is 16.5. The van der Waals surface area contributed by atoms with E-state index in [0.29, 0.717) is 17.9 Å². The van der Waals surface area contributed by atoms with E-state index in [-0.39, 0.29) is 12.5 Å². The lowest BCUT2D eigenvalue weighted by molar-refractivity contribution is -0.139. The second-order valence-corrected chi connectivity index (χ2v) is 5.90. The van der Waals surface area contributed by atoms with Crippen molar-refractivity contribution in [2.24, 2.45) is 5.10 Å². The third kappa shape index (κ3) is 6.19. The second-order valence-electron chi connectivity index (χ2n) is 5.90. The lowest BCUT2D eigenvalue weighted by Gasteiger charge is -2.15. The zero-order valence-electron chi connectivity index (χ0n) is 14.9. The Hall–Kier alpha value is -2.90. The van der Waals surface area contributed by atoms with Crippen LogP contribution in [0.25, 0.3) is 0 Å². The molecule has 3 amide bonds. The van der Waals surface area contributed by atoms with Gasteiger partial charge >= 0.3 is 11.8 Å². The molecule has 0 radical (unpaired) electrons. The molecule has 8 heteroatoms. The van der Waals surface area contributed by atoms with Crippen LogP contribution in [0.2, 0.25) is 0 Å². The van der Waals surface area contributed by atoms with Crippen molar-refractivity contribution in [3.63, 3.8) is 0 Å². The van der Waals surface area contributed by atoms with Crippen LogP contribution in [-0.4, -0.2) is 55.1 Å². The van der Waals surface area contributed by atoms with Crippen LogP contribution in [0.4, 0.5) is 0 Å². The molecular weight excluding hydrogens is 336 g/mol. The molecule has 8 nitrogen and oxygen atoms in total. The number of amides is 3. The third-order valence-electron chi connectivity index (χ3n) is 3.80. The first-order chi connectivity index (χ1) is 12.6. The quantitative estimate of drug-likeness (QED) is 0.424. The number of hydrogen-bond donors (Lipinski definition) is 2. The Morgan fingerprint density at radius 1 is 1.23 bits per heavy atom. The predicted molar refractivity (Wildman–Crippen MR) is 96.8 cm³/mol. The van der Waals surface area contributed by atoms with E-state index in [1.165, 1.54) is 6.21 Å². The molecule has 1 heterocycles. The van der Waals surface area contributed by atoms with Gasteiger partial charge in [-0.05, 0) is 37.0 Å². The van der Waals surface area contributed by atoms with E-state index < -0.39 is 11.8 Å². The van der Waals surface area contributed by atoms with Crippen molar-refractivity contribution in [1.29, 1.82) is 0 Å². The van der Waals surface area contributed by atoms with Gasteiger partial charge in [0, 0.05) is 19.6 Å². The SMILES string of the molecule is CCCNC(=O)C(=O)N/N=C\c1cccc(OCC(=O)N2CCCC2)c1. The van der Waals surface area contributed by atoms with E-state index in [9.17, 15) is 14.4 Å². The van der Waals surface area contributed by atoms with E-state index in [1.807, 2.05) is 6.92 Å². The molecule has 2 rings (SSSR count). The predicted octanol–water partition coefficient (Wildman–Crippen LogP) is 0.664. The molecule has 0 aromatic heterocycles. The summed E-state index contributed by atoms with van der Waals surface area (Å²) in [7, 11) is 0. The topological polar surface area (TPSA) is 100 Å². The molecule has 0 saturated carbocycles. The summed E-state index contributed by atoms with van der Waals surface area (Å²) in [5.74, 6) is -1.03. The monoisotopic (exact) mass is 360 g/mol. The lowest BCUT2D eigenvalue weighted by Crippen LogP contribution is -2.38. The van der Waals surface area contributed by atoms with E-state index in [0.717, 1.165) is 32.4 Å². The molecule has 0 aliphatic carbocycles. The number of benzene rings is 1. The van der Waals surface area contributed by atoms with E-state index >= 15 is 0 Å². The van der Waals surface area contributed by atoms with Gasteiger partial charge in [0.05, 0.1) is 6.21 Å². The summed E-state index contributed by atoms with van der Waals surface area (Å²) >= 11 is 0. The minimum absolute atomic E-state index is 0.00503. The number of likely N-dealkylation sites (tertiary alicyclic amines) is 1. The van der Waals surface area contributed by atoms with Crippen LogP contribution in [0.15, 0.2) is 29.4 Å². The molecular formula is C18H24N4O4. The zero-order chi connectivity index (χ0) is 18.8. The van der Waals surface area contributed by atoms with E-state index in [2.05, 4.69) is 15.8 Å². The summed E-state index contributed by atoms with van der Waals surface area (Å²) in [4.78, 5) is 36.7. The largest absolute Gasteiger partial charge is 0.484 e. The average Bonchev–Trinajstić information content (AvgIpc) is 3.19. The highest BCUT2D eigenvalue weighted by molar-refractivity contribution is 6.35. The van der Waals surface area contributed by atoms with Crippen LogP contribution < -0.4 is 15.5 Å². The molecule has 26 heavy (non-hydrogen) atoms. The van der Waals surface area contributed by atoms with Crippen LogP contribution in [0.1, 0.15) is 31.7 Å². The molecule has 1 aromatic carbocycles. The van der Waals surface area contributed by atoms with Gasteiger partial charge in [-0.25, -0.2) is 5.43 Å². The highest BCUT2D eigenvalue weighted by Crippen LogP contribution is 2.13. The van der Waals surface area contributed by atoms with Crippen molar-refractivity contribution in [3.05, 3.63) is 29.8 Å². The molecule has 140 valence electrons. The molecule has 2 N–H and O–H groups in total. The maximum absolute atomic E-state index is 12.0. The van der Waals surface area contributed by atoms with Crippen LogP contribution in [-0.2, 0) is 14.4 Å². The van der Waals surface area contributed by atoms with Crippen molar-refractivity contribution in [2.45, 2.75) is 26.2 Å². The second kappa shape index (κ2) is 10.2. The number of carbonyl (C=O) groups excluding carboxylic acids is 3. The van der Waals surface area contributed by atoms with Gasteiger partial charge in [0.15, 0.2) is 6.61 Å². The zero-order valence-corrected chi connectivity index (χ0v) is 14.9. The first-order valence-electron chi connectivity index (χ1n) is 8.72. The van der Waals surface area contributed by atoms with Crippen LogP contribution in [0.5, 0.6) is 5.75 Å². The van der Waals surface area contributed by atoms with Gasteiger partial charge in [0.25, 0.3) is 5.91 Å². The number of ether oxygens (including phenoxy) is 1. The summed E-state index contributed by atoms with van der Waals surface area (Å²) < 4.78 is 5.53. The number of hydrogen-bond acceptors (Lipinski definition) is 5. The maximum atomic E-state index is 12.0. The maximum Gasteiger partial charge on any atom is 0.329 e. The molecule has 1 fully saturated rings. The first-order valence-corrected chi connectivity index (χ1v) is 8.72. The van der Waals surface area contributed by atoms with Gasteiger partial charge in [-0.3, -0.25) is 14.4 Å². The Labute approximate surface area is 152 Å². The summed E-state index contributed by atoms with van der Waals surface area (Å²) in [6, 6.07) is 6.96. The summed E-state index contributed by atoms with van der Waals surface area (Å²) in [5, 5.41) is 6.21. The van der Waals surface area contributed by atoms with Crippen LogP contribution in [0.3, 0.4) is 0 Å². The van der Waals surface area contributed by atoms with Crippen molar-refractivity contribution in [3.8, 4) is 5.75 Å². The molecule has 1 aliphatic rings. The lowest BCUT2D eigenvalue weighted by atomic mass is 10.2. The fraction of sp³-hybridized carbons (Fsp3) is 0.444. The minimum atomic E-state index is -0.821. The molecule has 1 aliphatic heterocycles. The Bertz CT molecular complexity index is 669. The van der Waals surface area contributed by atoms with Gasteiger partial charge in [-0.15, -0.1) is 0 Å². The molecule has 0 unspecified atom stereocenters. The smallest absolute Gasteiger partial charge is 0.329 e. The number of nitrogens with one attached hydrogen (secondary N) is 2. The molecule has 0 spiro atoms. The average molecular weight is 360 g/mol. The van der Waals surface area contributed by atoms with Gasteiger partial charge in [-0.2, -0.15) is 5.10 Å². The van der Waals surface area contributed by atoms with Crippen molar-refractivity contribution < 1.29 is 19.1 Å². The van der Waals surface area contributed by atoms with Crippen molar-refractivity contribution >= 4 is 23.9 Å². The molecule has 0 atom stereocenters. The Morgan fingerprint density at radius 3 is 2.73 bits per heavy atom. The number of hydrazone groups is 1. The fourth-order valence-electron chi connectivity index (χ4n) is 2.42. The van der Waals surface area contributed by atoms with Gasteiger partial charge in [-0.1, -0.05) is 19.1 Å². The first kappa shape index (κ1) is 19.4. The minimum Gasteiger partial charge on any atom is -0.484 e. The van der Waals surface area contributed by atoms with Gasteiger partial charge < -0.3 is 15.0 Å². The number of nitrogens with zero attached hydrogens (tertiary/aromatic N) is 2. The Balaban J connectivity index is 1.81. The van der Waals surface area contributed by atoms with Gasteiger partial charge in [0.2, 0.25) is 0 Å². The Morgan fingerprint density at radius 2 is 2.00 bits per heavy atom. The summed E-state index contributed by atoms with van der Waals surface area (Å²) in [5.41, 5.74) is 2.84. The summed E-state index contributed by atoms with van der Waals surface area (Å²) in [6.07, 6.45) is 4.23. The van der Waals surface area contributed by atoms with Crippen molar-refractivity contribution in [2.75, 3.05) is 26.2 Å². The van der Waals surface area contributed by atoms with Gasteiger partial charge in [0.1, 0.15) is 5.75 Å². The number of rotatable bonds is 7. The number of carbonyl (C=O) groups is 3. The van der Waals surface area contributed by atoms with E-state index in [4.69, 9.17) is 4.74 Å². The molecule has 1 saturated heterocycles. The van der Waals surface area contributed by atoms with Crippen LogP contribution >= 0.6 is 0 Å². The van der Waals surface area contributed by atoms with Crippen LogP contribution in [0, 0.1) is 0 Å².